The fourth-order valence-corrected chi connectivity index (χ4v) is 2.12. The maximum absolute atomic E-state index is 9.62. The number of rotatable bonds is 6. The Morgan fingerprint density at radius 3 is 2.44 bits per heavy atom. The van der Waals surface area contributed by atoms with Crippen LogP contribution in [0.4, 0.5) is 0 Å². The summed E-state index contributed by atoms with van der Waals surface area (Å²) in [7, 11) is 0. The van der Waals surface area contributed by atoms with Gasteiger partial charge < -0.3 is 5.11 Å². The number of hydrogen-bond acceptors (Lipinski definition) is 2. The molecule has 0 bridgehead atoms. The normalized spacial score (nSPS) is 14.6. The van der Waals surface area contributed by atoms with Crippen LogP contribution in [-0.4, -0.2) is 11.7 Å². The number of nitriles is 1. The van der Waals surface area contributed by atoms with Gasteiger partial charge in [-0.15, -0.1) is 0 Å². The van der Waals surface area contributed by atoms with Crippen molar-refractivity contribution in [3.63, 3.8) is 0 Å². The molecule has 18 heavy (non-hydrogen) atoms. The van der Waals surface area contributed by atoms with Gasteiger partial charge in [0.05, 0.1) is 11.5 Å². The monoisotopic (exact) mass is 243 g/mol. The molecule has 0 aliphatic carbocycles. The van der Waals surface area contributed by atoms with Crippen molar-refractivity contribution in [2.45, 2.75) is 32.1 Å². The zero-order valence-electron chi connectivity index (χ0n) is 11.1. The van der Waals surface area contributed by atoms with Crippen molar-refractivity contribution in [2.24, 2.45) is 5.92 Å². The van der Waals surface area contributed by atoms with Crippen LogP contribution in [0.25, 0.3) is 0 Å². The lowest BCUT2D eigenvalue weighted by Gasteiger charge is -2.30. The predicted octanol–water partition coefficient (Wildman–Crippen LogP) is 3.43. The van der Waals surface area contributed by atoms with Crippen LogP contribution in [-0.2, 0) is 5.41 Å². The number of aliphatic hydroxyl groups excluding tert-OH is 1. The minimum absolute atomic E-state index is 0.156. The molecular weight excluding hydrogens is 222 g/mol. The largest absolute Gasteiger partial charge is 0.396 e. The maximum Gasteiger partial charge on any atom is 0.0879 e. The van der Waals surface area contributed by atoms with E-state index in [0.717, 1.165) is 5.56 Å². The minimum atomic E-state index is -0.479. The maximum atomic E-state index is 9.62. The smallest absolute Gasteiger partial charge is 0.0879 e. The molecule has 1 N–H and O–H groups in total. The summed E-state index contributed by atoms with van der Waals surface area (Å²) in [5.41, 5.74) is 0.587. The standard InChI is InChI=1S/C16H21NO/c1-14(2)16(13-17,11-7-4-8-12-18)15-9-5-3-6-10-15/h3-7,9-10,14,18H,8,11-12H2,1-2H3. The van der Waals surface area contributed by atoms with E-state index in [1.807, 2.05) is 42.5 Å². The van der Waals surface area contributed by atoms with Gasteiger partial charge in [-0.1, -0.05) is 56.3 Å². The molecule has 0 fully saturated rings. The molecule has 96 valence electrons. The van der Waals surface area contributed by atoms with Crippen molar-refractivity contribution >= 4 is 0 Å². The van der Waals surface area contributed by atoms with Crippen LogP contribution in [0.5, 0.6) is 0 Å². The Morgan fingerprint density at radius 2 is 1.94 bits per heavy atom. The first-order chi connectivity index (χ1) is 8.67. The first-order valence-electron chi connectivity index (χ1n) is 6.40. The molecule has 2 heteroatoms. The molecule has 0 spiro atoms. The highest BCUT2D eigenvalue weighted by atomic mass is 16.2. The van der Waals surface area contributed by atoms with Crippen molar-refractivity contribution in [3.8, 4) is 6.07 Å². The van der Waals surface area contributed by atoms with Gasteiger partial charge in [-0.25, -0.2) is 0 Å². The highest BCUT2D eigenvalue weighted by Gasteiger charge is 2.34. The first kappa shape index (κ1) is 14.5. The summed E-state index contributed by atoms with van der Waals surface area (Å²) in [6.45, 7) is 4.31. The van der Waals surface area contributed by atoms with E-state index in [2.05, 4.69) is 19.9 Å². The van der Waals surface area contributed by atoms with Crippen LogP contribution in [0.2, 0.25) is 0 Å². The molecular formula is C16H21NO. The summed E-state index contributed by atoms with van der Waals surface area (Å²) in [6.07, 6.45) is 5.28. The van der Waals surface area contributed by atoms with Gasteiger partial charge in [-0.3, -0.25) is 0 Å². The van der Waals surface area contributed by atoms with Gasteiger partial charge in [0.25, 0.3) is 0 Å². The van der Waals surface area contributed by atoms with Gasteiger partial charge in [-0.2, -0.15) is 5.26 Å². The van der Waals surface area contributed by atoms with Crippen LogP contribution >= 0.6 is 0 Å². The first-order valence-corrected chi connectivity index (χ1v) is 6.40. The van der Waals surface area contributed by atoms with E-state index in [0.29, 0.717) is 12.8 Å². The van der Waals surface area contributed by atoms with Gasteiger partial charge in [0.15, 0.2) is 0 Å². The van der Waals surface area contributed by atoms with Crippen LogP contribution < -0.4 is 0 Å². The van der Waals surface area contributed by atoms with Crippen LogP contribution in [0.15, 0.2) is 42.5 Å². The van der Waals surface area contributed by atoms with E-state index in [-0.39, 0.29) is 12.5 Å². The second-order valence-corrected chi connectivity index (χ2v) is 4.79. The Kier molecular flexibility index (Phi) is 5.61. The molecule has 1 aromatic rings. The molecule has 0 saturated heterocycles. The fraction of sp³-hybridized carbons (Fsp3) is 0.438. The Hall–Kier alpha value is -1.59. The summed E-state index contributed by atoms with van der Waals surface area (Å²) in [5, 5.41) is 18.4. The van der Waals surface area contributed by atoms with E-state index < -0.39 is 5.41 Å². The highest BCUT2D eigenvalue weighted by Crippen LogP contribution is 2.35. The average Bonchev–Trinajstić information content (AvgIpc) is 2.40. The van der Waals surface area contributed by atoms with Crippen LogP contribution in [0, 0.1) is 17.2 Å². The van der Waals surface area contributed by atoms with E-state index in [9.17, 15) is 5.26 Å². The predicted molar refractivity (Wildman–Crippen MR) is 74.0 cm³/mol. The SMILES string of the molecule is CC(C)C(C#N)(CC=CCCO)c1ccccc1. The summed E-state index contributed by atoms with van der Waals surface area (Å²) < 4.78 is 0. The third-order valence-corrected chi connectivity index (χ3v) is 3.38. The van der Waals surface area contributed by atoms with E-state index in [4.69, 9.17) is 5.11 Å². The number of hydrogen-bond donors (Lipinski definition) is 1. The number of nitrogens with zero attached hydrogens (tertiary/aromatic N) is 1. The number of allylic oxidation sites excluding steroid dienone is 1. The lowest BCUT2D eigenvalue weighted by atomic mass is 9.70. The quantitative estimate of drug-likeness (QED) is 0.778. The van der Waals surface area contributed by atoms with Crippen molar-refractivity contribution in [1.82, 2.24) is 0 Å². The molecule has 0 saturated carbocycles. The third-order valence-electron chi connectivity index (χ3n) is 3.38. The molecule has 0 aliphatic rings. The summed E-state index contributed by atoms with van der Waals surface area (Å²) in [6, 6.07) is 12.4. The Labute approximate surface area is 110 Å². The number of aliphatic hydroxyl groups is 1. The highest BCUT2D eigenvalue weighted by molar-refractivity contribution is 5.34. The molecule has 0 radical (unpaired) electrons. The van der Waals surface area contributed by atoms with E-state index in [1.54, 1.807) is 0 Å². The molecule has 0 heterocycles. The van der Waals surface area contributed by atoms with Gasteiger partial charge in [-0.05, 0) is 24.3 Å². The third kappa shape index (κ3) is 3.21. The summed E-state index contributed by atoms with van der Waals surface area (Å²) in [5.74, 6) is 0.240. The summed E-state index contributed by atoms with van der Waals surface area (Å²) >= 11 is 0. The molecule has 0 amide bonds. The van der Waals surface area contributed by atoms with Gasteiger partial charge in [0.2, 0.25) is 0 Å². The molecule has 0 aliphatic heterocycles. The molecule has 1 atom stereocenters. The minimum Gasteiger partial charge on any atom is -0.396 e. The molecule has 2 nitrogen and oxygen atoms in total. The topological polar surface area (TPSA) is 44.0 Å². The average molecular weight is 243 g/mol. The van der Waals surface area contributed by atoms with Gasteiger partial charge in [0.1, 0.15) is 0 Å². The zero-order valence-corrected chi connectivity index (χ0v) is 11.1. The lowest BCUT2D eigenvalue weighted by Crippen LogP contribution is -2.30. The second kappa shape index (κ2) is 6.98. The number of benzene rings is 1. The van der Waals surface area contributed by atoms with Crippen molar-refractivity contribution in [2.75, 3.05) is 6.61 Å². The van der Waals surface area contributed by atoms with Gasteiger partial charge in [0, 0.05) is 6.61 Å². The van der Waals surface area contributed by atoms with E-state index >= 15 is 0 Å². The molecule has 1 unspecified atom stereocenters. The second-order valence-electron chi connectivity index (χ2n) is 4.79. The van der Waals surface area contributed by atoms with Crippen LogP contribution in [0.1, 0.15) is 32.3 Å². The van der Waals surface area contributed by atoms with Crippen molar-refractivity contribution < 1.29 is 5.11 Å². The fourth-order valence-electron chi connectivity index (χ4n) is 2.12. The Balaban J connectivity index is 3.00. The van der Waals surface area contributed by atoms with Crippen molar-refractivity contribution in [1.29, 1.82) is 5.26 Å². The Bertz CT molecular complexity index is 416. The van der Waals surface area contributed by atoms with Gasteiger partial charge >= 0.3 is 0 Å². The van der Waals surface area contributed by atoms with Crippen molar-refractivity contribution in [3.05, 3.63) is 48.0 Å². The zero-order chi connectivity index (χ0) is 13.4. The summed E-state index contributed by atoms with van der Waals surface area (Å²) in [4.78, 5) is 0. The van der Waals surface area contributed by atoms with Crippen LogP contribution in [0.3, 0.4) is 0 Å². The molecule has 1 rings (SSSR count). The van der Waals surface area contributed by atoms with E-state index in [1.165, 1.54) is 0 Å². The molecule has 0 aromatic heterocycles. The Morgan fingerprint density at radius 1 is 1.28 bits per heavy atom. The lowest BCUT2D eigenvalue weighted by molar-refractivity contribution is 0.302. The molecule has 1 aromatic carbocycles.